The van der Waals surface area contributed by atoms with Gasteiger partial charge in [-0.05, 0) is 6.42 Å². The van der Waals surface area contributed by atoms with Crippen LogP contribution in [0.2, 0.25) is 0 Å². The Morgan fingerprint density at radius 1 is 1.35 bits per heavy atom. The molecule has 1 amide bonds. The van der Waals surface area contributed by atoms with E-state index in [2.05, 4.69) is 11.9 Å². The van der Waals surface area contributed by atoms with Crippen molar-refractivity contribution in [3.8, 4) is 11.3 Å². The Balaban J connectivity index is 2.31. The minimum absolute atomic E-state index is 0.00787. The fraction of sp³-hybridized carbons (Fsp3) is 0.333. The van der Waals surface area contributed by atoms with Gasteiger partial charge in [0.1, 0.15) is 4.88 Å². The van der Waals surface area contributed by atoms with Gasteiger partial charge in [-0.15, -0.1) is 0 Å². The number of nitrogens with zero attached hydrogens (tertiary/aromatic N) is 2. The maximum Gasteiger partial charge on any atom is 0.266 e. The molecule has 2 N–H and O–H groups in total. The van der Waals surface area contributed by atoms with Crippen molar-refractivity contribution >= 4 is 22.4 Å². The van der Waals surface area contributed by atoms with E-state index in [4.69, 9.17) is 5.73 Å². The van der Waals surface area contributed by atoms with Crippen molar-refractivity contribution in [2.75, 3.05) is 19.3 Å². The van der Waals surface area contributed by atoms with Crippen molar-refractivity contribution in [1.82, 2.24) is 9.88 Å². The van der Waals surface area contributed by atoms with Crippen LogP contribution in [0, 0.1) is 0 Å². The Morgan fingerprint density at radius 3 is 2.70 bits per heavy atom. The molecule has 0 aliphatic carbocycles. The Labute approximate surface area is 123 Å². The molecule has 4 nitrogen and oxygen atoms in total. The third-order valence-corrected chi connectivity index (χ3v) is 3.95. The fourth-order valence-corrected chi connectivity index (χ4v) is 2.79. The predicted octanol–water partition coefficient (Wildman–Crippen LogP) is 3.26. The molecule has 5 heteroatoms. The van der Waals surface area contributed by atoms with E-state index < -0.39 is 0 Å². The molecular formula is C15H19N3OS. The summed E-state index contributed by atoms with van der Waals surface area (Å²) in [5.41, 5.74) is 7.40. The van der Waals surface area contributed by atoms with Gasteiger partial charge < -0.3 is 10.6 Å². The number of nitrogens with two attached hydrogens (primary N) is 1. The van der Waals surface area contributed by atoms with Crippen LogP contribution in [0.4, 0.5) is 5.13 Å². The number of aromatic nitrogens is 1. The lowest BCUT2D eigenvalue weighted by atomic mass is 10.1. The monoisotopic (exact) mass is 289 g/mol. The molecule has 0 fully saturated rings. The minimum atomic E-state index is -0.00787. The number of nitrogen functional groups attached to an aromatic ring is 1. The minimum Gasteiger partial charge on any atom is -0.375 e. The Morgan fingerprint density at radius 2 is 2.05 bits per heavy atom. The summed E-state index contributed by atoms with van der Waals surface area (Å²) in [5, 5.41) is 0.427. The second-order valence-corrected chi connectivity index (χ2v) is 5.71. The van der Waals surface area contributed by atoms with Crippen molar-refractivity contribution in [3.63, 3.8) is 0 Å². The molecular weight excluding hydrogens is 270 g/mol. The molecule has 0 bridgehead atoms. The van der Waals surface area contributed by atoms with Gasteiger partial charge in [0.15, 0.2) is 5.13 Å². The molecule has 2 rings (SSSR count). The maximum absolute atomic E-state index is 12.5. The largest absolute Gasteiger partial charge is 0.375 e. The number of unbranched alkanes of at least 4 members (excludes halogenated alkanes) is 1. The Hall–Kier alpha value is -1.88. The lowest BCUT2D eigenvalue weighted by molar-refractivity contribution is 0.0798. The highest BCUT2D eigenvalue weighted by Gasteiger charge is 2.21. The molecule has 1 aromatic heterocycles. The van der Waals surface area contributed by atoms with Gasteiger partial charge in [-0.25, -0.2) is 4.98 Å². The third kappa shape index (κ3) is 3.17. The smallest absolute Gasteiger partial charge is 0.266 e. The molecule has 1 heterocycles. The number of thiazole rings is 1. The van der Waals surface area contributed by atoms with Gasteiger partial charge in [0.05, 0.1) is 5.69 Å². The van der Waals surface area contributed by atoms with Gasteiger partial charge in [0.25, 0.3) is 5.91 Å². The zero-order chi connectivity index (χ0) is 14.5. The van der Waals surface area contributed by atoms with Gasteiger partial charge >= 0.3 is 0 Å². The number of carbonyl (C=O) groups excluding carboxylic acids is 1. The van der Waals surface area contributed by atoms with Crippen LogP contribution in [0.15, 0.2) is 30.3 Å². The van der Waals surface area contributed by atoms with E-state index in [0.717, 1.165) is 24.9 Å². The summed E-state index contributed by atoms with van der Waals surface area (Å²) in [5.74, 6) is -0.00787. The van der Waals surface area contributed by atoms with Crippen LogP contribution >= 0.6 is 11.3 Å². The summed E-state index contributed by atoms with van der Waals surface area (Å²) in [6.07, 6.45) is 2.06. The molecule has 0 saturated carbocycles. The van der Waals surface area contributed by atoms with Crippen molar-refractivity contribution in [1.29, 1.82) is 0 Å². The third-order valence-electron chi connectivity index (χ3n) is 3.08. The van der Waals surface area contributed by atoms with Gasteiger partial charge in [-0.3, -0.25) is 4.79 Å². The molecule has 0 saturated heterocycles. The number of hydrogen-bond donors (Lipinski definition) is 1. The summed E-state index contributed by atoms with van der Waals surface area (Å²) in [6.45, 7) is 2.86. The lowest BCUT2D eigenvalue weighted by Crippen LogP contribution is -2.27. The first-order valence-corrected chi connectivity index (χ1v) is 7.52. The number of anilines is 1. The molecule has 1 aromatic carbocycles. The van der Waals surface area contributed by atoms with Gasteiger partial charge in [-0.2, -0.15) is 0 Å². The SMILES string of the molecule is CCCCN(C)C(=O)c1sc(N)nc1-c1ccccc1. The number of rotatable bonds is 5. The van der Waals surface area contributed by atoms with Crippen LogP contribution in [-0.4, -0.2) is 29.4 Å². The molecule has 106 valence electrons. The average molecular weight is 289 g/mol. The number of carbonyl (C=O) groups is 1. The zero-order valence-electron chi connectivity index (χ0n) is 11.8. The van der Waals surface area contributed by atoms with E-state index >= 15 is 0 Å². The van der Waals surface area contributed by atoms with Crippen LogP contribution in [-0.2, 0) is 0 Å². The van der Waals surface area contributed by atoms with Crippen LogP contribution in [0.3, 0.4) is 0 Å². The van der Waals surface area contributed by atoms with Gasteiger partial charge in [-0.1, -0.05) is 55.0 Å². The highest BCUT2D eigenvalue weighted by molar-refractivity contribution is 7.17. The second kappa shape index (κ2) is 6.52. The van der Waals surface area contributed by atoms with E-state index in [0.29, 0.717) is 15.7 Å². The van der Waals surface area contributed by atoms with E-state index in [1.54, 1.807) is 4.90 Å². The van der Waals surface area contributed by atoms with Crippen LogP contribution < -0.4 is 5.73 Å². The molecule has 0 spiro atoms. The summed E-state index contributed by atoms with van der Waals surface area (Å²) in [4.78, 5) is 19.2. The zero-order valence-corrected chi connectivity index (χ0v) is 12.6. The highest BCUT2D eigenvalue weighted by atomic mass is 32.1. The van der Waals surface area contributed by atoms with Gasteiger partial charge in [0.2, 0.25) is 0 Å². The second-order valence-electron chi connectivity index (χ2n) is 4.68. The molecule has 2 aromatic rings. The number of amides is 1. The summed E-state index contributed by atoms with van der Waals surface area (Å²) in [6, 6.07) is 9.68. The lowest BCUT2D eigenvalue weighted by Gasteiger charge is -2.16. The van der Waals surface area contributed by atoms with Crippen LogP contribution in [0.5, 0.6) is 0 Å². The summed E-state index contributed by atoms with van der Waals surface area (Å²) < 4.78 is 0. The van der Waals surface area contributed by atoms with Gasteiger partial charge in [0, 0.05) is 19.2 Å². The van der Waals surface area contributed by atoms with E-state index in [9.17, 15) is 4.79 Å². The standard InChI is InChI=1S/C15H19N3OS/c1-3-4-10-18(2)14(19)13-12(17-15(16)20-13)11-8-6-5-7-9-11/h5-9H,3-4,10H2,1-2H3,(H2,16,17). The average Bonchev–Trinajstić information content (AvgIpc) is 2.86. The van der Waals surface area contributed by atoms with E-state index in [1.165, 1.54) is 11.3 Å². The molecule has 0 atom stereocenters. The molecule has 0 radical (unpaired) electrons. The topological polar surface area (TPSA) is 59.2 Å². The summed E-state index contributed by atoms with van der Waals surface area (Å²) >= 11 is 1.25. The quantitative estimate of drug-likeness (QED) is 0.919. The summed E-state index contributed by atoms with van der Waals surface area (Å²) in [7, 11) is 1.82. The van der Waals surface area contributed by atoms with Crippen molar-refractivity contribution in [2.24, 2.45) is 0 Å². The molecule has 0 aliphatic heterocycles. The number of hydrogen-bond acceptors (Lipinski definition) is 4. The van der Waals surface area contributed by atoms with Crippen molar-refractivity contribution in [2.45, 2.75) is 19.8 Å². The predicted molar refractivity (Wildman–Crippen MR) is 83.8 cm³/mol. The molecule has 0 aliphatic rings. The van der Waals surface area contributed by atoms with E-state index in [1.807, 2.05) is 37.4 Å². The first-order chi connectivity index (χ1) is 9.63. The maximum atomic E-state index is 12.5. The highest BCUT2D eigenvalue weighted by Crippen LogP contribution is 2.30. The molecule has 0 unspecified atom stereocenters. The first-order valence-electron chi connectivity index (χ1n) is 6.70. The normalized spacial score (nSPS) is 10.5. The molecule has 20 heavy (non-hydrogen) atoms. The Bertz CT molecular complexity index is 580. The van der Waals surface area contributed by atoms with Crippen LogP contribution in [0.1, 0.15) is 29.4 Å². The fourth-order valence-electron chi connectivity index (χ4n) is 1.94. The Kier molecular flexibility index (Phi) is 4.74. The van der Waals surface area contributed by atoms with E-state index in [-0.39, 0.29) is 5.91 Å². The first kappa shape index (κ1) is 14.5. The van der Waals surface area contributed by atoms with Crippen molar-refractivity contribution in [3.05, 3.63) is 35.2 Å². The van der Waals surface area contributed by atoms with Crippen molar-refractivity contribution < 1.29 is 4.79 Å². The van der Waals surface area contributed by atoms with Crippen LogP contribution in [0.25, 0.3) is 11.3 Å². The number of benzene rings is 1.